The molecular formula is C17H25N3O3S. The molecule has 7 heteroatoms. The molecule has 132 valence electrons. The van der Waals surface area contributed by atoms with Gasteiger partial charge in [-0.1, -0.05) is 18.2 Å². The van der Waals surface area contributed by atoms with E-state index in [0.29, 0.717) is 32.5 Å². The number of carbonyl (C=O) groups is 1. The molecule has 0 bridgehead atoms. The van der Waals surface area contributed by atoms with Crippen LogP contribution in [0, 0.1) is 0 Å². The van der Waals surface area contributed by atoms with Crippen molar-refractivity contribution in [3.05, 3.63) is 30.3 Å². The number of carbonyl (C=O) groups excluding carboxylic acids is 1. The van der Waals surface area contributed by atoms with Gasteiger partial charge >= 0.3 is 0 Å². The maximum absolute atomic E-state index is 12.8. The maximum atomic E-state index is 12.8. The standard InChI is InChI=1S/C17H25N3O3S/c1-24(22,23)17(8-10-18-11-9-17)16(21)19-14-7-12-20(13-14)15-5-3-2-4-6-15/h2-6,14,18H,7-13H2,1H3,(H,19,21). The number of nitrogens with zero attached hydrogens (tertiary/aromatic N) is 1. The van der Waals surface area contributed by atoms with Gasteiger partial charge in [0.2, 0.25) is 5.91 Å². The summed E-state index contributed by atoms with van der Waals surface area (Å²) < 4.78 is 23.3. The molecule has 1 aromatic rings. The zero-order valence-electron chi connectivity index (χ0n) is 14.0. The van der Waals surface area contributed by atoms with Crippen LogP contribution in [0.3, 0.4) is 0 Å². The first-order chi connectivity index (χ1) is 11.4. The van der Waals surface area contributed by atoms with Crippen molar-refractivity contribution in [3.8, 4) is 0 Å². The molecule has 2 heterocycles. The van der Waals surface area contributed by atoms with Crippen LogP contribution in [-0.4, -0.2) is 57.5 Å². The number of rotatable bonds is 4. The Morgan fingerprint density at radius 2 is 1.92 bits per heavy atom. The molecule has 0 aromatic heterocycles. The second-order valence-corrected chi connectivity index (χ2v) is 9.08. The van der Waals surface area contributed by atoms with Crippen LogP contribution in [0.25, 0.3) is 0 Å². The Morgan fingerprint density at radius 3 is 2.54 bits per heavy atom. The van der Waals surface area contributed by atoms with Crippen LogP contribution in [0.5, 0.6) is 0 Å². The molecule has 0 saturated carbocycles. The van der Waals surface area contributed by atoms with Gasteiger partial charge in [0.25, 0.3) is 0 Å². The highest BCUT2D eigenvalue weighted by molar-refractivity contribution is 7.92. The van der Waals surface area contributed by atoms with Crippen molar-refractivity contribution in [2.45, 2.75) is 30.1 Å². The Labute approximate surface area is 143 Å². The van der Waals surface area contributed by atoms with Gasteiger partial charge in [-0.2, -0.15) is 0 Å². The lowest BCUT2D eigenvalue weighted by atomic mass is 9.95. The average molecular weight is 351 g/mol. The van der Waals surface area contributed by atoms with Crippen molar-refractivity contribution in [2.24, 2.45) is 0 Å². The fraction of sp³-hybridized carbons (Fsp3) is 0.588. The van der Waals surface area contributed by atoms with Crippen LogP contribution in [0.4, 0.5) is 5.69 Å². The van der Waals surface area contributed by atoms with E-state index in [-0.39, 0.29) is 11.9 Å². The van der Waals surface area contributed by atoms with E-state index in [9.17, 15) is 13.2 Å². The number of amides is 1. The first-order valence-electron chi connectivity index (χ1n) is 8.44. The summed E-state index contributed by atoms with van der Waals surface area (Å²) in [5.41, 5.74) is 1.13. The fourth-order valence-electron chi connectivity index (χ4n) is 3.67. The lowest BCUT2D eigenvalue weighted by molar-refractivity contribution is -0.124. The van der Waals surface area contributed by atoms with Gasteiger partial charge in [0, 0.05) is 31.1 Å². The molecule has 2 aliphatic heterocycles. The molecule has 2 saturated heterocycles. The minimum atomic E-state index is -3.46. The molecule has 2 fully saturated rings. The number of sulfone groups is 1. The van der Waals surface area contributed by atoms with Gasteiger partial charge in [-0.15, -0.1) is 0 Å². The number of hydrogen-bond donors (Lipinski definition) is 2. The van der Waals surface area contributed by atoms with Gasteiger partial charge in [0.1, 0.15) is 0 Å². The summed E-state index contributed by atoms with van der Waals surface area (Å²) in [6.07, 6.45) is 2.70. The van der Waals surface area contributed by atoms with Crippen LogP contribution in [-0.2, 0) is 14.6 Å². The summed E-state index contributed by atoms with van der Waals surface area (Å²) in [5.74, 6) is -0.327. The van der Waals surface area contributed by atoms with Crippen molar-refractivity contribution in [1.82, 2.24) is 10.6 Å². The summed E-state index contributed by atoms with van der Waals surface area (Å²) >= 11 is 0. The molecule has 0 radical (unpaired) electrons. The molecule has 6 nitrogen and oxygen atoms in total. The molecule has 2 aliphatic rings. The second-order valence-electron chi connectivity index (χ2n) is 6.76. The largest absolute Gasteiger partial charge is 0.369 e. The minimum absolute atomic E-state index is 0.00813. The van der Waals surface area contributed by atoms with Crippen molar-refractivity contribution in [2.75, 3.05) is 37.3 Å². The average Bonchev–Trinajstić information content (AvgIpc) is 3.04. The number of para-hydroxylation sites is 1. The zero-order valence-corrected chi connectivity index (χ0v) is 14.8. The highest BCUT2D eigenvalue weighted by Crippen LogP contribution is 2.29. The third-order valence-electron chi connectivity index (χ3n) is 5.18. The smallest absolute Gasteiger partial charge is 0.241 e. The van der Waals surface area contributed by atoms with Crippen molar-refractivity contribution >= 4 is 21.4 Å². The molecule has 0 spiro atoms. The number of anilines is 1. The number of piperidine rings is 1. The minimum Gasteiger partial charge on any atom is -0.369 e. The number of nitrogens with one attached hydrogen (secondary N) is 2. The maximum Gasteiger partial charge on any atom is 0.241 e. The highest BCUT2D eigenvalue weighted by atomic mass is 32.2. The van der Waals surface area contributed by atoms with Crippen LogP contribution in [0.2, 0.25) is 0 Å². The van der Waals surface area contributed by atoms with Crippen molar-refractivity contribution < 1.29 is 13.2 Å². The van der Waals surface area contributed by atoms with Gasteiger partial charge < -0.3 is 15.5 Å². The Balaban J connectivity index is 1.68. The third kappa shape index (κ3) is 3.28. The lowest BCUT2D eigenvalue weighted by Gasteiger charge is -2.35. The van der Waals surface area contributed by atoms with E-state index < -0.39 is 14.6 Å². The van der Waals surface area contributed by atoms with E-state index in [1.54, 1.807) is 0 Å². The van der Waals surface area contributed by atoms with Crippen LogP contribution in [0.1, 0.15) is 19.3 Å². The Kier molecular flexibility index (Phi) is 4.83. The normalized spacial score (nSPS) is 23.9. The molecule has 0 aliphatic carbocycles. The monoisotopic (exact) mass is 351 g/mol. The second kappa shape index (κ2) is 6.72. The third-order valence-corrected chi connectivity index (χ3v) is 7.19. The highest BCUT2D eigenvalue weighted by Gasteiger charge is 2.49. The molecule has 1 unspecified atom stereocenters. The summed E-state index contributed by atoms with van der Waals surface area (Å²) in [5, 5.41) is 6.14. The van der Waals surface area contributed by atoms with Gasteiger partial charge in [0.05, 0.1) is 0 Å². The fourth-order valence-corrected chi connectivity index (χ4v) is 5.01. The SMILES string of the molecule is CS(=O)(=O)C1(C(=O)NC2CCN(c3ccccc3)C2)CCNCC1. The summed E-state index contributed by atoms with van der Waals surface area (Å²) in [4.78, 5) is 15.1. The van der Waals surface area contributed by atoms with Gasteiger partial charge in [0.15, 0.2) is 14.6 Å². The molecule has 1 atom stereocenters. The van der Waals surface area contributed by atoms with Gasteiger partial charge in [-0.3, -0.25) is 4.79 Å². The predicted octanol–water partition coefficient (Wildman–Crippen LogP) is 0.548. The zero-order chi connectivity index (χ0) is 17.2. The van der Waals surface area contributed by atoms with E-state index >= 15 is 0 Å². The molecule has 2 N–H and O–H groups in total. The van der Waals surface area contributed by atoms with Crippen molar-refractivity contribution in [3.63, 3.8) is 0 Å². The topological polar surface area (TPSA) is 78.5 Å². The predicted molar refractivity (Wildman–Crippen MR) is 94.9 cm³/mol. The Bertz CT molecular complexity index is 684. The number of hydrogen-bond acceptors (Lipinski definition) is 5. The summed E-state index contributed by atoms with van der Waals surface area (Å²) in [7, 11) is -3.46. The Morgan fingerprint density at radius 1 is 1.25 bits per heavy atom. The Hall–Kier alpha value is -1.60. The van der Waals surface area contributed by atoms with Crippen LogP contribution in [0.15, 0.2) is 30.3 Å². The summed E-state index contributed by atoms with van der Waals surface area (Å²) in [6, 6.07) is 10.1. The molecule has 24 heavy (non-hydrogen) atoms. The van der Waals surface area contributed by atoms with Crippen LogP contribution >= 0.6 is 0 Å². The molecular weight excluding hydrogens is 326 g/mol. The van der Waals surface area contributed by atoms with E-state index in [4.69, 9.17) is 0 Å². The summed E-state index contributed by atoms with van der Waals surface area (Å²) in [6.45, 7) is 2.69. The van der Waals surface area contributed by atoms with Crippen molar-refractivity contribution in [1.29, 1.82) is 0 Å². The molecule has 1 amide bonds. The lowest BCUT2D eigenvalue weighted by Crippen LogP contribution is -2.59. The first kappa shape index (κ1) is 17.2. The van der Waals surface area contributed by atoms with Gasteiger partial charge in [-0.05, 0) is 44.5 Å². The molecule has 3 rings (SSSR count). The van der Waals surface area contributed by atoms with E-state index in [1.165, 1.54) is 6.26 Å². The van der Waals surface area contributed by atoms with E-state index in [2.05, 4.69) is 27.7 Å². The van der Waals surface area contributed by atoms with Gasteiger partial charge in [-0.25, -0.2) is 8.42 Å². The number of benzene rings is 1. The van der Waals surface area contributed by atoms with Crippen LogP contribution < -0.4 is 15.5 Å². The van der Waals surface area contributed by atoms with E-state index in [1.807, 2.05) is 18.2 Å². The molecule has 1 aromatic carbocycles. The quantitative estimate of drug-likeness (QED) is 0.828. The van der Waals surface area contributed by atoms with E-state index in [0.717, 1.165) is 18.7 Å². The first-order valence-corrected chi connectivity index (χ1v) is 10.3.